The summed E-state index contributed by atoms with van der Waals surface area (Å²) in [6.45, 7) is 6.91. The van der Waals surface area contributed by atoms with E-state index < -0.39 is 0 Å². The average Bonchev–Trinajstić information content (AvgIpc) is 1.96. The highest BCUT2D eigenvalue weighted by molar-refractivity contribution is 4.84. The lowest BCUT2D eigenvalue weighted by Gasteiger charge is -2.36. The molecule has 66 valence electrons. The Morgan fingerprint density at radius 3 is 2.45 bits per heavy atom. The maximum absolute atomic E-state index is 6.10. The van der Waals surface area contributed by atoms with Gasteiger partial charge in [-0.3, -0.25) is 0 Å². The first-order valence-corrected chi connectivity index (χ1v) is 4.90. The van der Waals surface area contributed by atoms with Gasteiger partial charge in [0.1, 0.15) is 0 Å². The first kappa shape index (κ1) is 9.05. The Hall–Kier alpha value is -0.0400. The van der Waals surface area contributed by atoms with Crippen LogP contribution in [0.5, 0.6) is 0 Å². The number of rotatable bonds is 1. The van der Waals surface area contributed by atoms with Gasteiger partial charge in [0.05, 0.1) is 0 Å². The highest BCUT2D eigenvalue weighted by atomic mass is 14.7. The standard InChI is InChI=1S/C10H21N/c1-4-9-6-7(2)5-8(3)10(9)11/h7-10H,4-6,11H2,1-3H3. The van der Waals surface area contributed by atoms with Crippen LogP contribution in [-0.4, -0.2) is 6.04 Å². The summed E-state index contributed by atoms with van der Waals surface area (Å²) in [6, 6.07) is 0.469. The molecule has 4 atom stereocenters. The molecule has 1 saturated carbocycles. The Labute approximate surface area is 70.4 Å². The van der Waals surface area contributed by atoms with E-state index in [4.69, 9.17) is 5.73 Å². The van der Waals surface area contributed by atoms with Crippen LogP contribution in [0.4, 0.5) is 0 Å². The Kier molecular flexibility index (Phi) is 2.94. The van der Waals surface area contributed by atoms with Crippen molar-refractivity contribution in [2.75, 3.05) is 0 Å². The summed E-state index contributed by atoms with van der Waals surface area (Å²) in [5.41, 5.74) is 6.10. The molecular formula is C10H21N. The molecule has 0 aromatic carbocycles. The van der Waals surface area contributed by atoms with Gasteiger partial charge in [-0.1, -0.05) is 27.2 Å². The minimum Gasteiger partial charge on any atom is -0.327 e. The van der Waals surface area contributed by atoms with E-state index in [9.17, 15) is 0 Å². The molecule has 4 unspecified atom stereocenters. The normalized spacial score (nSPS) is 45.8. The zero-order chi connectivity index (χ0) is 8.43. The summed E-state index contributed by atoms with van der Waals surface area (Å²) in [6.07, 6.45) is 3.94. The molecule has 1 rings (SSSR count). The summed E-state index contributed by atoms with van der Waals surface area (Å²) in [4.78, 5) is 0. The fourth-order valence-corrected chi connectivity index (χ4v) is 2.47. The summed E-state index contributed by atoms with van der Waals surface area (Å²) in [5.74, 6) is 2.42. The average molecular weight is 155 g/mol. The van der Waals surface area contributed by atoms with Gasteiger partial charge >= 0.3 is 0 Å². The third-order valence-corrected chi connectivity index (χ3v) is 3.21. The molecule has 0 amide bonds. The lowest BCUT2D eigenvalue weighted by Crippen LogP contribution is -2.41. The van der Waals surface area contributed by atoms with Crippen LogP contribution in [0.1, 0.15) is 40.0 Å². The Morgan fingerprint density at radius 2 is 1.91 bits per heavy atom. The Morgan fingerprint density at radius 1 is 1.27 bits per heavy atom. The predicted octanol–water partition coefficient (Wildman–Crippen LogP) is 2.41. The van der Waals surface area contributed by atoms with Gasteiger partial charge in [0.25, 0.3) is 0 Å². The van der Waals surface area contributed by atoms with E-state index in [1.807, 2.05) is 0 Å². The maximum Gasteiger partial charge on any atom is 0.00930 e. The van der Waals surface area contributed by atoms with Crippen molar-refractivity contribution >= 4 is 0 Å². The molecule has 11 heavy (non-hydrogen) atoms. The summed E-state index contributed by atoms with van der Waals surface area (Å²) >= 11 is 0. The first-order chi connectivity index (χ1) is 5.15. The second-order valence-corrected chi connectivity index (χ2v) is 4.30. The molecule has 1 heteroatoms. The van der Waals surface area contributed by atoms with Gasteiger partial charge in [0.15, 0.2) is 0 Å². The number of nitrogens with two attached hydrogens (primary N) is 1. The smallest absolute Gasteiger partial charge is 0.00930 e. The topological polar surface area (TPSA) is 26.0 Å². The monoisotopic (exact) mass is 155 g/mol. The molecule has 0 spiro atoms. The fourth-order valence-electron chi connectivity index (χ4n) is 2.47. The van der Waals surface area contributed by atoms with Crippen molar-refractivity contribution in [1.82, 2.24) is 0 Å². The van der Waals surface area contributed by atoms with Crippen molar-refractivity contribution in [1.29, 1.82) is 0 Å². The number of hydrogen-bond donors (Lipinski definition) is 1. The van der Waals surface area contributed by atoms with Gasteiger partial charge < -0.3 is 5.73 Å². The Balaban J connectivity index is 2.51. The molecule has 0 saturated heterocycles. The molecule has 1 fully saturated rings. The fraction of sp³-hybridized carbons (Fsp3) is 1.00. The highest BCUT2D eigenvalue weighted by Gasteiger charge is 2.29. The molecule has 0 bridgehead atoms. The molecule has 1 nitrogen and oxygen atoms in total. The van der Waals surface area contributed by atoms with E-state index in [0.29, 0.717) is 6.04 Å². The van der Waals surface area contributed by atoms with Crippen LogP contribution in [-0.2, 0) is 0 Å². The van der Waals surface area contributed by atoms with Gasteiger partial charge in [-0.05, 0) is 30.6 Å². The predicted molar refractivity (Wildman–Crippen MR) is 49.3 cm³/mol. The van der Waals surface area contributed by atoms with Crippen LogP contribution in [0, 0.1) is 17.8 Å². The van der Waals surface area contributed by atoms with E-state index in [1.54, 1.807) is 0 Å². The van der Waals surface area contributed by atoms with Crippen molar-refractivity contribution in [2.24, 2.45) is 23.5 Å². The minimum absolute atomic E-state index is 0.469. The molecule has 0 aromatic heterocycles. The largest absolute Gasteiger partial charge is 0.327 e. The third kappa shape index (κ3) is 1.96. The van der Waals surface area contributed by atoms with Crippen LogP contribution in [0.2, 0.25) is 0 Å². The highest BCUT2D eigenvalue weighted by Crippen LogP contribution is 2.33. The summed E-state index contributed by atoms with van der Waals surface area (Å²) in [5, 5.41) is 0. The zero-order valence-corrected chi connectivity index (χ0v) is 8.01. The molecule has 0 aliphatic heterocycles. The second-order valence-electron chi connectivity index (χ2n) is 4.30. The van der Waals surface area contributed by atoms with Gasteiger partial charge in [-0.15, -0.1) is 0 Å². The maximum atomic E-state index is 6.10. The van der Waals surface area contributed by atoms with Gasteiger partial charge in [0.2, 0.25) is 0 Å². The van der Waals surface area contributed by atoms with Crippen molar-refractivity contribution in [3.63, 3.8) is 0 Å². The molecular weight excluding hydrogens is 134 g/mol. The van der Waals surface area contributed by atoms with Crippen LogP contribution in [0.25, 0.3) is 0 Å². The summed E-state index contributed by atoms with van der Waals surface area (Å²) in [7, 11) is 0. The van der Waals surface area contributed by atoms with Gasteiger partial charge in [-0.2, -0.15) is 0 Å². The molecule has 0 radical (unpaired) electrons. The molecule has 0 aromatic rings. The lowest BCUT2D eigenvalue weighted by atomic mass is 9.72. The molecule has 1 aliphatic rings. The molecule has 1 aliphatic carbocycles. The third-order valence-electron chi connectivity index (χ3n) is 3.21. The number of hydrogen-bond acceptors (Lipinski definition) is 1. The van der Waals surface area contributed by atoms with Crippen LogP contribution < -0.4 is 5.73 Å². The van der Waals surface area contributed by atoms with Crippen molar-refractivity contribution < 1.29 is 0 Å². The van der Waals surface area contributed by atoms with E-state index in [-0.39, 0.29) is 0 Å². The van der Waals surface area contributed by atoms with E-state index >= 15 is 0 Å². The van der Waals surface area contributed by atoms with Gasteiger partial charge in [0, 0.05) is 6.04 Å². The van der Waals surface area contributed by atoms with Gasteiger partial charge in [-0.25, -0.2) is 0 Å². The lowest BCUT2D eigenvalue weighted by molar-refractivity contribution is 0.178. The van der Waals surface area contributed by atoms with Crippen molar-refractivity contribution in [3.8, 4) is 0 Å². The summed E-state index contributed by atoms with van der Waals surface area (Å²) < 4.78 is 0. The minimum atomic E-state index is 0.469. The quantitative estimate of drug-likeness (QED) is 0.618. The van der Waals surface area contributed by atoms with E-state index in [2.05, 4.69) is 20.8 Å². The molecule has 2 N–H and O–H groups in total. The first-order valence-electron chi connectivity index (χ1n) is 4.90. The van der Waals surface area contributed by atoms with Crippen LogP contribution >= 0.6 is 0 Å². The van der Waals surface area contributed by atoms with Crippen LogP contribution in [0.15, 0.2) is 0 Å². The van der Waals surface area contributed by atoms with E-state index in [1.165, 1.54) is 19.3 Å². The Bertz CT molecular complexity index is 122. The molecule has 0 heterocycles. The van der Waals surface area contributed by atoms with Crippen molar-refractivity contribution in [3.05, 3.63) is 0 Å². The van der Waals surface area contributed by atoms with Crippen LogP contribution in [0.3, 0.4) is 0 Å². The SMILES string of the molecule is CCC1CC(C)CC(C)C1N. The van der Waals surface area contributed by atoms with E-state index in [0.717, 1.165) is 17.8 Å². The second kappa shape index (κ2) is 3.57. The van der Waals surface area contributed by atoms with Crippen molar-refractivity contribution in [2.45, 2.75) is 46.1 Å². The zero-order valence-electron chi connectivity index (χ0n) is 8.01.